The zero-order valence-electron chi connectivity index (χ0n) is 13.0. The zero-order chi connectivity index (χ0) is 15.3. The van der Waals surface area contributed by atoms with Crippen LogP contribution in [0.5, 0.6) is 5.75 Å². The lowest BCUT2D eigenvalue weighted by Crippen LogP contribution is -2.30. The van der Waals surface area contributed by atoms with Crippen molar-refractivity contribution in [1.82, 2.24) is 4.98 Å². The Labute approximate surface area is 127 Å². The van der Waals surface area contributed by atoms with Gasteiger partial charge in [-0.05, 0) is 29.0 Å². The fourth-order valence-corrected chi connectivity index (χ4v) is 2.09. The molecular weight excluding hydrogens is 260 g/mol. The van der Waals surface area contributed by atoms with E-state index in [1.807, 2.05) is 30.5 Å². The van der Waals surface area contributed by atoms with Gasteiger partial charge in [0.1, 0.15) is 12.4 Å². The predicted octanol–water partition coefficient (Wildman–Crippen LogP) is 3.33. The van der Waals surface area contributed by atoms with Crippen LogP contribution in [0.4, 0.5) is 0 Å². The summed E-state index contributed by atoms with van der Waals surface area (Å²) >= 11 is 0. The molecule has 21 heavy (non-hydrogen) atoms. The number of nitrogens with two attached hydrogens (primary N) is 1. The molecule has 0 spiro atoms. The molecule has 1 aromatic heterocycles. The highest BCUT2D eigenvalue weighted by atomic mass is 16.5. The zero-order valence-corrected chi connectivity index (χ0v) is 13.0. The first kappa shape index (κ1) is 15.5. The average molecular weight is 284 g/mol. The SMILES string of the molecule is CC(C)(C)c1cncc(OC[C@@H](N)Cc2ccccc2)c1. The second-order valence-electron chi connectivity index (χ2n) is 6.42. The Kier molecular flexibility index (Phi) is 4.97. The van der Waals surface area contributed by atoms with Crippen molar-refractivity contribution in [3.63, 3.8) is 0 Å². The molecule has 0 saturated carbocycles. The number of hydrogen-bond acceptors (Lipinski definition) is 3. The van der Waals surface area contributed by atoms with Crippen LogP contribution >= 0.6 is 0 Å². The Hall–Kier alpha value is -1.87. The van der Waals surface area contributed by atoms with E-state index in [0.717, 1.165) is 17.7 Å². The van der Waals surface area contributed by atoms with Gasteiger partial charge in [-0.3, -0.25) is 4.98 Å². The third kappa shape index (κ3) is 4.87. The maximum atomic E-state index is 6.13. The van der Waals surface area contributed by atoms with E-state index in [-0.39, 0.29) is 11.5 Å². The smallest absolute Gasteiger partial charge is 0.137 e. The van der Waals surface area contributed by atoms with Crippen LogP contribution in [0.1, 0.15) is 31.9 Å². The van der Waals surface area contributed by atoms with E-state index in [2.05, 4.69) is 37.9 Å². The molecule has 0 saturated heterocycles. The number of ether oxygens (including phenoxy) is 1. The van der Waals surface area contributed by atoms with Crippen LogP contribution in [-0.4, -0.2) is 17.6 Å². The molecule has 3 nitrogen and oxygen atoms in total. The summed E-state index contributed by atoms with van der Waals surface area (Å²) in [5.41, 5.74) is 8.60. The van der Waals surface area contributed by atoms with Gasteiger partial charge >= 0.3 is 0 Å². The van der Waals surface area contributed by atoms with Crippen molar-refractivity contribution >= 4 is 0 Å². The highest BCUT2D eigenvalue weighted by Gasteiger charge is 2.15. The van der Waals surface area contributed by atoms with Crippen molar-refractivity contribution in [1.29, 1.82) is 0 Å². The molecule has 0 unspecified atom stereocenters. The molecule has 0 amide bonds. The molecule has 112 valence electrons. The molecule has 1 heterocycles. The maximum absolute atomic E-state index is 6.13. The topological polar surface area (TPSA) is 48.1 Å². The minimum atomic E-state index is -0.0225. The van der Waals surface area contributed by atoms with Gasteiger partial charge in [0.2, 0.25) is 0 Å². The molecule has 0 bridgehead atoms. The molecule has 1 atom stereocenters. The minimum absolute atomic E-state index is 0.0225. The Morgan fingerprint density at radius 2 is 1.86 bits per heavy atom. The molecular formula is C18H24N2O. The number of pyridine rings is 1. The first-order valence-electron chi connectivity index (χ1n) is 7.33. The van der Waals surface area contributed by atoms with Crippen molar-refractivity contribution < 1.29 is 4.74 Å². The summed E-state index contributed by atoms with van der Waals surface area (Å²) in [7, 11) is 0. The summed E-state index contributed by atoms with van der Waals surface area (Å²) in [4.78, 5) is 4.25. The second-order valence-corrected chi connectivity index (χ2v) is 6.42. The van der Waals surface area contributed by atoms with Gasteiger partial charge in [-0.25, -0.2) is 0 Å². The summed E-state index contributed by atoms with van der Waals surface area (Å²) in [6, 6.07) is 12.3. The summed E-state index contributed by atoms with van der Waals surface area (Å²) in [5, 5.41) is 0. The molecule has 2 aromatic rings. The monoisotopic (exact) mass is 284 g/mol. The van der Waals surface area contributed by atoms with E-state index in [4.69, 9.17) is 10.5 Å². The predicted molar refractivity (Wildman–Crippen MR) is 86.6 cm³/mol. The van der Waals surface area contributed by atoms with Crippen molar-refractivity contribution in [3.05, 3.63) is 59.9 Å². The molecule has 2 rings (SSSR count). The van der Waals surface area contributed by atoms with Crippen LogP contribution in [0.25, 0.3) is 0 Å². The number of benzene rings is 1. The van der Waals surface area contributed by atoms with Crippen LogP contribution in [0.3, 0.4) is 0 Å². The largest absolute Gasteiger partial charge is 0.490 e. The standard InChI is InChI=1S/C18H24N2O/c1-18(2,3)15-10-17(12-20-11-15)21-13-16(19)9-14-7-5-4-6-8-14/h4-8,10-12,16H,9,13,19H2,1-3H3/t16-/m0/s1. The Morgan fingerprint density at radius 1 is 1.14 bits per heavy atom. The van der Waals surface area contributed by atoms with Crippen molar-refractivity contribution in [2.24, 2.45) is 5.73 Å². The summed E-state index contributed by atoms with van der Waals surface area (Å²) in [6.45, 7) is 6.98. The molecule has 0 aliphatic heterocycles. The number of aromatic nitrogens is 1. The molecule has 2 N–H and O–H groups in total. The van der Waals surface area contributed by atoms with E-state index in [9.17, 15) is 0 Å². The lowest BCUT2D eigenvalue weighted by molar-refractivity contribution is 0.286. The maximum Gasteiger partial charge on any atom is 0.137 e. The quantitative estimate of drug-likeness (QED) is 0.916. The molecule has 0 aliphatic rings. The van der Waals surface area contributed by atoms with Gasteiger partial charge in [0.25, 0.3) is 0 Å². The van der Waals surface area contributed by atoms with Crippen molar-refractivity contribution in [2.75, 3.05) is 6.61 Å². The lowest BCUT2D eigenvalue weighted by atomic mass is 9.88. The molecule has 3 heteroatoms. The Morgan fingerprint density at radius 3 is 2.52 bits per heavy atom. The number of hydrogen-bond donors (Lipinski definition) is 1. The highest BCUT2D eigenvalue weighted by Crippen LogP contribution is 2.24. The first-order valence-corrected chi connectivity index (χ1v) is 7.33. The van der Waals surface area contributed by atoms with Gasteiger partial charge in [-0.15, -0.1) is 0 Å². The van der Waals surface area contributed by atoms with Gasteiger partial charge in [0.15, 0.2) is 0 Å². The molecule has 0 radical (unpaired) electrons. The molecule has 1 aromatic carbocycles. The van der Waals surface area contributed by atoms with Gasteiger partial charge in [0, 0.05) is 12.2 Å². The normalized spacial score (nSPS) is 13.0. The fourth-order valence-electron chi connectivity index (χ4n) is 2.09. The van der Waals surface area contributed by atoms with Crippen LogP contribution in [0.15, 0.2) is 48.8 Å². The van der Waals surface area contributed by atoms with Gasteiger partial charge in [0.05, 0.1) is 6.20 Å². The van der Waals surface area contributed by atoms with Gasteiger partial charge < -0.3 is 10.5 Å². The fraction of sp³-hybridized carbons (Fsp3) is 0.389. The van der Waals surface area contributed by atoms with Crippen LogP contribution in [0.2, 0.25) is 0 Å². The summed E-state index contributed by atoms with van der Waals surface area (Å²) in [5.74, 6) is 0.783. The van der Waals surface area contributed by atoms with Gasteiger partial charge in [-0.1, -0.05) is 51.1 Å². The molecule has 0 aliphatic carbocycles. The van der Waals surface area contributed by atoms with Gasteiger partial charge in [-0.2, -0.15) is 0 Å². The minimum Gasteiger partial charge on any atom is -0.490 e. The number of rotatable bonds is 5. The third-order valence-electron chi connectivity index (χ3n) is 3.38. The van der Waals surface area contributed by atoms with E-state index >= 15 is 0 Å². The van der Waals surface area contributed by atoms with Crippen molar-refractivity contribution in [2.45, 2.75) is 38.6 Å². The molecule has 0 fully saturated rings. The third-order valence-corrected chi connectivity index (χ3v) is 3.38. The van der Waals surface area contributed by atoms with Crippen LogP contribution in [-0.2, 0) is 11.8 Å². The van der Waals surface area contributed by atoms with Crippen molar-refractivity contribution in [3.8, 4) is 5.75 Å². The Bertz CT molecular complexity index is 561. The van der Waals surface area contributed by atoms with E-state index < -0.39 is 0 Å². The lowest BCUT2D eigenvalue weighted by Gasteiger charge is -2.19. The second kappa shape index (κ2) is 6.72. The Balaban J connectivity index is 1.91. The highest BCUT2D eigenvalue weighted by molar-refractivity contribution is 5.28. The van der Waals surface area contributed by atoms with Crippen LogP contribution < -0.4 is 10.5 Å². The summed E-state index contributed by atoms with van der Waals surface area (Å²) in [6.07, 6.45) is 4.44. The van der Waals surface area contributed by atoms with E-state index in [0.29, 0.717) is 6.61 Å². The first-order chi connectivity index (χ1) is 9.95. The summed E-state index contributed by atoms with van der Waals surface area (Å²) < 4.78 is 5.79. The van der Waals surface area contributed by atoms with Crippen LogP contribution in [0, 0.1) is 0 Å². The average Bonchev–Trinajstić information content (AvgIpc) is 2.46. The van der Waals surface area contributed by atoms with E-state index in [1.165, 1.54) is 5.56 Å². The number of nitrogens with zero attached hydrogens (tertiary/aromatic N) is 1. The van der Waals surface area contributed by atoms with E-state index in [1.54, 1.807) is 6.20 Å².